The van der Waals surface area contributed by atoms with E-state index >= 15 is 0 Å². The van der Waals surface area contributed by atoms with Crippen molar-refractivity contribution in [2.75, 3.05) is 11.9 Å². The third-order valence-electron chi connectivity index (χ3n) is 3.48. The minimum absolute atomic E-state index is 0.634. The van der Waals surface area contributed by atoms with Crippen molar-refractivity contribution in [3.05, 3.63) is 23.4 Å². The monoisotopic (exact) mass is 273 g/mol. The Morgan fingerprint density at radius 3 is 2.35 bits per heavy atom. The fourth-order valence-electron chi connectivity index (χ4n) is 2.25. The van der Waals surface area contributed by atoms with Crippen molar-refractivity contribution in [3.63, 3.8) is 0 Å². The van der Waals surface area contributed by atoms with Crippen molar-refractivity contribution >= 4 is 5.82 Å². The summed E-state index contributed by atoms with van der Waals surface area (Å²) in [6.07, 6.45) is 10.5. The highest BCUT2D eigenvalue weighted by Gasteiger charge is 2.02. The number of rotatable bonds is 10. The molecule has 1 aromatic heterocycles. The molecule has 1 N–H and O–H groups in total. The fourth-order valence-corrected chi connectivity index (χ4v) is 2.25. The van der Waals surface area contributed by atoms with E-state index in [1.54, 1.807) is 0 Å². The number of hydrogen-bond donors (Lipinski definition) is 1. The lowest BCUT2D eigenvalue weighted by Gasteiger charge is -2.08. The van der Waals surface area contributed by atoms with Crippen LogP contribution in [-0.4, -0.2) is 11.5 Å². The molecular weight excluding hydrogens is 246 g/mol. The summed E-state index contributed by atoms with van der Waals surface area (Å²) in [7, 11) is 0. The summed E-state index contributed by atoms with van der Waals surface area (Å²) in [4.78, 5) is 4.38. The molecule has 0 unspecified atom stereocenters. The number of hydrogen-bond acceptors (Lipinski definition) is 3. The summed E-state index contributed by atoms with van der Waals surface area (Å²) in [5.41, 5.74) is 1.58. The maximum atomic E-state index is 9.02. The number of unbranched alkanes of at least 4 members (excludes halogenated alkanes) is 7. The summed E-state index contributed by atoms with van der Waals surface area (Å²) >= 11 is 0. The van der Waals surface area contributed by atoms with Crippen LogP contribution in [0.15, 0.2) is 12.1 Å². The molecule has 0 saturated heterocycles. The zero-order valence-corrected chi connectivity index (χ0v) is 12.9. The van der Waals surface area contributed by atoms with E-state index in [9.17, 15) is 0 Å². The van der Waals surface area contributed by atoms with Crippen molar-refractivity contribution in [3.8, 4) is 6.07 Å². The lowest BCUT2D eigenvalue weighted by Crippen LogP contribution is -2.05. The van der Waals surface area contributed by atoms with Crippen molar-refractivity contribution in [1.82, 2.24) is 4.98 Å². The maximum absolute atomic E-state index is 9.02. The number of nitrogens with zero attached hydrogens (tertiary/aromatic N) is 2. The van der Waals surface area contributed by atoms with E-state index in [0.29, 0.717) is 5.56 Å². The van der Waals surface area contributed by atoms with E-state index in [2.05, 4.69) is 23.3 Å². The Morgan fingerprint density at radius 1 is 1.05 bits per heavy atom. The Bertz CT molecular complexity index is 421. The van der Waals surface area contributed by atoms with Gasteiger partial charge in [0.25, 0.3) is 0 Å². The van der Waals surface area contributed by atoms with Crippen LogP contribution in [0.2, 0.25) is 0 Å². The molecule has 0 radical (unpaired) electrons. The average Bonchev–Trinajstić information content (AvgIpc) is 2.46. The Balaban J connectivity index is 2.12. The molecule has 110 valence electrons. The van der Waals surface area contributed by atoms with Gasteiger partial charge in [-0.15, -0.1) is 0 Å². The van der Waals surface area contributed by atoms with Crippen LogP contribution in [0, 0.1) is 18.3 Å². The first kappa shape index (κ1) is 16.5. The van der Waals surface area contributed by atoms with Gasteiger partial charge in [-0.2, -0.15) is 5.26 Å². The Morgan fingerprint density at radius 2 is 1.70 bits per heavy atom. The molecule has 0 fully saturated rings. The minimum Gasteiger partial charge on any atom is -0.369 e. The average molecular weight is 273 g/mol. The smallest absolute Gasteiger partial charge is 0.144 e. The van der Waals surface area contributed by atoms with E-state index < -0.39 is 0 Å². The Labute approximate surface area is 123 Å². The second-order valence-electron chi connectivity index (χ2n) is 5.36. The largest absolute Gasteiger partial charge is 0.369 e. The van der Waals surface area contributed by atoms with Gasteiger partial charge >= 0.3 is 0 Å². The van der Waals surface area contributed by atoms with Crippen LogP contribution in [0.1, 0.15) is 69.5 Å². The zero-order chi connectivity index (χ0) is 14.6. The normalized spacial score (nSPS) is 10.2. The lowest BCUT2D eigenvalue weighted by molar-refractivity contribution is 0.581. The molecule has 3 heteroatoms. The molecule has 1 aromatic rings. The molecule has 0 aliphatic carbocycles. The summed E-state index contributed by atoms with van der Waals surface area (Å²) in [6.45, 7) is 5.10. The second-order valence-corrected chi connectivity index (χ2v) is 5.36. The highest BCUT2D eigenvalue weighted by Crippen LogP contribution is 2.13. The first-order chi connectivity index (χ1) is 9.77. The first-order valence-corrected chi connectivity index (χ1v) is 7.89. The third kappa shape index (κ3) is 6.56. The summed E-state index contributed by atoms with van der Waals surface area (Å²) in [5.74, 6) is 0.732. The number of anilines is 1. The molecule has 0 atom stereocenters. The van der Waals surface area contributed by atoms with Gasteiger partial charge in [0.2, 0.25) is 0 Å². The second kappa shape index (κ2) is 10.3. The molecule has 0 bridgehead atoms. The number of nitrogens with one attached hydrogen (secondary N) is 1. The van der Waals surface area contributed by atoms with Crippen LogP contribution < -0.4 is 5.32 Å². The van der Waals surface area contributed by atoms with Crippen LogP contribution >= 0.6 is 0 Å². The highest BCUT2D eigenvalue weighted by atomic mass is 15.0. The van der Waals surface area contributed by atoms with Gasteiger partial charge in [0.05, 0.1) is 5.56 Å². The summed E-state index contributed by atoms with van der Waals surface area (Å²) in [5, 5.41) is 12.3. The van der Waals surface area contributed by atoms with Crippen molar-refractivity contribution in [1.29, 1.82) is 5.26 Å². The van der Waals surface area contributed by atoms with E-state index in [0.717, 1.165) is 24.5 Å². The number of nitriles is 1. The molecule has 0 saturated carbocycles. The van der Waals surface area contributed by atoms with Gasteiger partial charge in [-0.25, -0.2) is 4.98 Å². The van der Waals surface area contributed by atoms with Gasteiger partial charge in [0.1, 0.15) is 11.9 Å². The van der Waals surface area contributed by atoms with Crippen molar-refractivity contribution in [2.45, 2.75) is 65.2 Å². The van der Waals surface area contributed by atoms with Crippen LogP contribution in [-0.2, 0) is 0 Å². The van der Waals surface area contributed by atoms with Crippen LogP contribution in [0.3, 0.4) is 0 Å². The van der Waals surface area contributed by atoms with E-state index in [-0.39, 0.29) is 0 Å². The van der Waals surface area contributed by atoms with Crippen molar-refractivity contribution < 1.29 is 0 Å². The van der Waals surface area contributed by atoms with Crippen LogP contribution in [0.5, 0.6) is 0 Å². The van der Waals surface area contributed by atoms with Gasteiger partial charge in [-0.3, -0.25) is 0 Å². The molecule has 0 spiro atoms. The predicted molar refractivity (Wildman–Crippen MR) is 84.8 cm³/mol. The third-order valence-corrected chi connectivity index (χ3v) is 3.48. The molecule has 0 amide bonds. The Hall–Kier alpha value is -1.56. The van der Waals surface area contributed by atoms with Crippen molar-refractivity contribution in [2.24, 2.45) is 0 Å². The van der Waals surface area contributed by atoms with Crippen LogP contribution in [0.4, 0.5) is 5.82 Å². The molecular formula is C17H27N3. The van der Waals surface area contributed by atoms with E-state index in [1.165, 1.54) is 44.9 Å². The molecule has 3 nitrogen and oxygen atoms in total. The van der Waals surface area contributed by atoms with Gasteiger partial charge in [-0.1, -0.05) is 51.9 Å². The van der Waals surface area contributed by atoms with Crippen LogP contribution in [0.25, 0.3) is 0 Å². The predicted octanol–water partition coefficient (Wildman–Crippen LogP) is 4.81. The fraction of sp³-hybridized carbons (Fsp3) is 0.647. The van der Waals surface area contributed by atoms with Gasteiger partial charge < -0.3 is 5.32 Å². The number of aromatic nitrogens is 1. The number of aryl methyl sites for hydroxylation is 1. The topological polar surface area (TPSA) is 48.7 Å². The van der Waals surface area contributed by atoms with E-state index in [4.69, 9.17) is 5.26 Å². The SMILES string of the molecule is CCCCCCCCCCNc1nc(C)ccc1C#N. The quantitative estimate of drug-likeness (QED) is 0.622. The summed E-state index contributed by atoms with van der Waals surface area (Å²) in [6, 6.07) is 5.89. The lowest BCUT2D eigenvalue weighted by atomic mass is 10.1. The molecule has 0 aliphatic heterocycles. The van der Waals surface area contributed by atoms with E-state index in [1.807, 2.05) is 19.1 Å². The van der Waals surface area contributed by atoms with Gasteiger partial charge in [-0.05, 0) is 25.5 Å². The highest BCUT2D eigenvalue weighted by molar-refractivity contribution is 5.52. The first-order valence-electron chi connectivity index (χ1n) is 7.89. The zero-order valence-electron chi connectivity index (χ0n) is 12.9. The Kier molecular flexibility index (Phi) is 8.46. The minimum atomic E-state index is 0.634. The van der Waals surface area contributed by atoms with Gasteiger partial charge in [0, 0.05) is 12.2 Å². The maximum Gasteiger partial charge on any atom is 0.144 e. The molecule has 0 aliphatic rings. The molecule has 1 heterocycles. The van der Waals surface area contributed by atoms with Gasteiger partial charge in [0.15, 0.2) is 0 Å². The molecule has 0 aromatic carbocycles. The molecule has 20 heavy (non-hydrogen) atoms. The summed E-state index contributed by atoms with van der Waals surface area (Å²) < 4.78 is 0. The number of pyridine rings is 1. The standard InChI is InChI=1S/C17H27N3/c1-3-4-5-6-7-8-9-10-13-19-17-16(14-18)12-11-15(2)20-17/h11-12H,3-10,13H2,1-2H3,(H,19,20). The molecule has 1 rings (SSSR count).